The number of nitrogens with one attached hydrogen (secondary N) is 1. The number of carbonyl (C=O) groups is 2. The van der Waals surface area contributed by atoms with Crippen molar-refractivity contribution in [1.82, 2.24) is 5.32 Å². The fourth-order valence-electron chi connectivity index (χ4n) is 2.18. The Kier molecular flexibility index (Phi) is 6.62. The van der Waals surface area contributed by atoms with Gasteiger partial charge in [0.25, 0.3) is 5.91 Å². The Morgan fingerprint density at radius 2 is 1.76 bits per heavy atom. The van der Waals surface area contributed by atoms with E-state index in [1.807, 2.05) is 0 Å². The zero-order chi connectivity index (χ0) is 18.2. The third kappa shape index (κ3) is 5.99. The lowest BCUT2D eigenvalue weighted by Gasteiger charge is -2.13. The number of aryl methyl sites for hydroxylation is 1. The number of hydrogen-bond donors (Lipinski definition) is 1. The number of rotatable bonds is 7. The van der Waals surface area contributed by atoms with Crippen LogP contribution in [-0.2, 0) is 27.3 Å². The Hall–Kier alpha value is -2.76. The van der Waals surface area contributed by atoms with E-state index in [2.05, 4.69) is 5.32 Å². The molecule has 1 atom stereocenters. The van der Waals surface area contributed by atoms with Crippen LogP contribution in [0.15, 0.2) is 48.5 Å². The molecule has 6 heteroatoms. The molecule has 25 heavy (non-hydrogen) atoms. The predicted molar refractivity (Wildman–Crippen MR) is 88.5 cm³/mol. The van der Waals surface area contributed by atoms with Gasteiger partial charge >= 0.3 is 5.97 Å². The summed E-state index contributed by atoms with van der Waals surface area (Å²) >= 11 is 0. The Bertz CT molecular complexity index is 732. The Balaban J connectivity index is 1.75. The number of hydrogen-bond acceptors (Lipinski definition) is 3. The maximum atomic E-state index is 13.5. The van der Waals surface area contributed by atoms with Gasteiger partial charge in [-0.1, -0.05) is 30.3 Å². The fraction of sp³-hybridized carbons (Fsp3) is 0.263. The summed E-state index contributed by atoms with van der Waals surface area (Å²) < 4.78 is 31.3. The maximum Gasteiger partial charge on any atom is 0.306 e. The second-order valence-corrected chi connectivity index (χ2v) is 5.57. The second-order valence-electron chi connectivity index (χ2n) is 5.57. The van der Waals surface area contributed by atoms with E-state index in [4.69, 9.17) is 4.74 Å². The molecule has 0 radical (unpaired) electrons. The molecule has 0 aliphatic rings. The number of benzene rings is 2. The van der Waals surface area contributed by atoms with Crippen LogP contribution in [0.2, 0.25) is 0 Å². The molecule has 4 nitrogen and oxygen atoms in total. The molecule has 2 aromatic rings. The predicted octanol–water partition coefficient (Wildman–Crippen LogP) is 3.15. The molecule has 0 saturated carbocycles. The van der Waals surface area contributed by atoms with Crippen molar-refractivity contribution in [3.05, 3.63) is 71.3 Å². The number of carbonyl (C=O) groups excluding carboxylic acids is 2. The van der Waals surface area contributed by atoms with Crippen LogP contribution >= 0.6 is 0 Å². The molecule has 0 spiro atoms. The SMILES string of the molecule is C[C@@H](OC(=O)CCc1ccccc1F)C(=O)NCc1ccc(F)cc1. The van der Waals surface area contributed by atoms with Crippen molar-refractivity contribution in [2.75, 3.05) is 0 Å². The first-order chi connectivity index (χ1) is 12.0. The van der Waals surface area contributed by atoms with E-state index in [9.17, 15) is 18.4 Å². The fourth-order valence-corrected chi connectivity index (χ4v) is 2.18. The van der Waals surface area contributed by atoms with Crippen LogP contribution in [0.1, 0.15) is 24.5 Å². The number of halogens is 2. The van der Waals surface area contributed by atoms with E-state index in [-0.39, 0.29) is 31.0 Å². The quantitative estimate of drug-likeness (QED) is 0.783. The normalized spacial score (nSPS) is 11.6. The molecule has 0 unspecified atom stereocenters. The summed E-state index contributed by atoms with van der Waals surface area (Å²) in [7, 11) is 0. The van der Waals surface area contributed by atoms with Crippen molar-refractivity contribution < 1.29 is 23.1 Å². The summed E-state index contributed by atoms with van der Waals surface area (Å²) in [5.74, 6) is -1.76. The van der Waals surface area contributed by atoms with Gasteiger partial charge in [0.15, 0.2) is 6.10 Å². The number of ether oxygens (including phenoxy) is 1. The van der Waals surface area contributed by atoms with E-state index in [1.54, 1.807) is 30.3 Å². The molecule has 0 saturated heterocycles. The molecule has 0 fully saturated rings. The Morgan fingerprint density at radius 1 is 1.08 bits per heavy atom. The zero-order valence-corrected chi connectivity index (χ0v) is 13.8. The smallest absolute Gasteiger partial charge is 0.306 e. The molecule has 1 amide bonds. The Morgan fingerprint density at radius 3 is 2.44 bits per heavy atom. The lowest BCUT2D eigenvalue weighted by Crippen LogP contribution is -2.35. The molecule has 132 valence electrons. The third-order valence-electron chi connectivity index (χ3n) is 3.61. The molecule has 0 aromatic heterocycles. The average Bonchev–Trinajstić information content (AvgIpc) is 2.60. The van der Waals surface area contributed by atoms with Gasteiger partial charge in [-0.25, -0.2) is 8.78 Å². The van der Waals surface area contributed by atoms with E-state index in [0.717, 1.165) is 5.56 Å². The van der Waals surface area contributed by atoms with E-state index in [0.29, 0.717) is 5.56 Å². The van der Waals surface area contributed by atoms with Crippen LogP contribution in [-0.4, -0.2) is 18.0 Å². The molecule has 0 bridgehead atoms. The molecule has 1 N–H and O–H groups in total. The molecular weight excluding hydrogens is 328 g/mol. The van der Waals surface area contributed by atoms with Gasteiger partial charge in [-0.3, -0.25) is 9.59 Å². The first-order valence-corrected chi connectivity index (χ1v) is 7.90. The van der Waals surface area contributed by atoms with Gasteiger partial charge in [0.2, 0.25) is 0 Å². The van der Waals surface area contributed by atoms with Gasteiger partial charge in [-0.05, 0) is 42.7 Å². The van der Waals surface area contributed by atoms with Gasteiger partial charge in [0.05, 0.1) is 0 Å². The minimum Gasteiger partial charge on any atom is -0.453 e. The summed E-state index contributed by atoms with van der Waals surface area (Å²) in [5.41, 5.74) is 1.15. The van der Waals surface area contributed by atoms with Gasteiger partial charge < -0.3 is 10.1 Å². The highest BCUT2D eigenvalue weighted by atomic mass is 19.1. The highest BCUT2D eigenvalue weighted by molar-refractivity contribution is 5.83. The minimum atomic E-state index is -0.964. The van der Waals surface area contributed by atoms with Crippen molar-refractivity contribution in [3.63, 3.8) is 0 Å². The first-order valence-electron chi connectivity index (χ1n) is 7.90. The summed E-state index contributed by atoms with van der Waals surface area (Å²) in [6, 6.07) is 11.9. The van der Waals surface area contributed by atoms with Crippen molar-refractivity contribution in [3.8, 4) is 0 Å². The van der Waals surface area contributed by atoms with E-state index >= 15 is 0 Å². The van der Waals surface area contributed by atoms with Crippen LogP contribution in [0.3, 0.4) is 0 Å². The molecule has 2 rings (SSSR count). The van der Waals surface area contributed by atoms with Crippen LogP contribution in [0.25, 0.3) is 0 Å². The Labute approximate surface area is 144 Å². The van der Waals surface area contributed by atoms with Crippen LogP contribution in [0.4, 0.5) is 8.78 Å². The zero-order valence-electron chi connectivity index (χ0n) is 13.8. The van der Waals surface area contributed by atoms with Crippen molar-refractivity contribution in [1.29, 1.82) is 0 Å². The van der Waals surface area contributed by atoms with Gasteiger partial charge in [-0.2, -0.15) is 0 Å². The highest BCUT2D eigenvalue weighted by Gasteiger charge is 2.17. The molecule has 2 aromatic carbocycles. The lowest BCUT2D eigenvalue weighted by molar-refractivity contribution is -0.154. The molecule has 0 aliphatic heterocycles. The second kappa shape index (κ2) is 8.92. The van der Waals surface area contributed by atoms with Crippen LogP contribution in [0, 0.1) is 11.6 Å². The highest BCUT2D eigenvalue weighted by Crippen LogP contribution is 2.10. The number of amides is 1. The monoisotopic (exact) mass is 347 g/mol. The average molecular weight is 347 g/mol. The molecule has 0 heterocycles. The van der Waals surface area contributed by atoms with Gasteiger partial charge in [0, 0.05) is 13.0 Å². The van der Waals surface area contributed by atoms with E-state index in [1.165, 1.54) is 25.1 Å². The van der Waals surface area contributed by atoms with Crippen molar-refractivity contribution >= 4 is 11.9 Å². The van der Waals surface area contributed by atoms with Crippen molar-refractivity contribution in [2.45, 2.75) is 32.4 Å². The largest absolute Gasteiger partial charge is 0.453 e. The van der Waals surface area contributed by atoms with Crippen LogP contribution in [0.5, 0.6) is 0 Å². The minimum absolute atomic E-state index is 0.0173. The van der Waals surface area contributed by atoms with E-state index < -0.39 is 18.0 Å². The first kappa shape index (κ1) is 18.6. The lowest BCUT2D eigenvalue weighted by atomic mass is 10.1. The summed E-state index contributed by atoms with van der Waals surface area (Å²) in [5, 5.41) is 2.61. The molecular formula is C19H19F2NO3. The summed E-state index contributed by atoms with van der Waals surface area (Å²) in [6.07, 6.45) is -0.778. The van der Waals surface area contributed by atoms with Gasteiger partial charge in [0.1, 0.15) is 11.6 Å². The standard InChI is InChI=1S/C19H19F2NO3/c1-13(19(24)22-12-14-6-9-16(20)10-7-14)25-18(23)11-8-15-4-2-3-5-17(15)21/h2-7,9-10,13H,8,11-12H2,1H3,(H,22,24)/t13-/m1/s1. The van der Waals surface area contributed by atoms with Gasteiger partial charge in [-0.15, -0.1) is 0 Å². The van der Waals surface area contributed by atoms with Crippen molar-refractivity contribution in [2.24, 2.45) is 0 Å². The number of esters is 1. The third-order valence-corrected chi connectivity index (χ3v) is 3.61. The van der Waals surface area contributed by atoms with Crippen LogP contribution < -0.4 is 5.32 Å². The topological polar surface area (TPSA) is 55.4 Å². The summed E-state index contributed by atoms with van der Waals surface area (Å²) in [6.45, 7) is 1.66. The maximum absolute atomic E-state index is 13.5. The molecule has 0 aliphatic carbocycles. The summed E-state index contributed by atoms with van der Waals surface area (Å²) in [4.78, 5) is 23.7.